The number of aliphatic hydroxyl groups is 1. The molecule has 1 aromatic rings. The molecule has 1 fully saturated rings. The van der Waals surface area contributed by atoms with Gasteiger partial charge >= 0.3 is 0 Å². The van der Waals surface area contributed by atoms with Crippen molar-refractivity contribution in [3.8, 4) is 5.75 Å². The molecular formula is C15H21NO2. The van der Waals surface area contributed by atoms with Crippen LogP contribution in [0.5, 0.6) is 5.75 Å². The molecule has 3 rings (SSSR count). The highest BCUT2D eigenvalue weighted by Gasteiger charge is 2.36. The Labute approximate surface area is 108 Å². The lowest BCUT2D eigenvalue weighted by Crippen LogP contribution is -2.41. The van der Waals surface area contributed by atoms with Gasteiger partial charge in [0.2, 0.25) is 0 Å². The molecule has 3 nitrogen and oxygen atoms in total. The van der Waals surface area contributed by atoms with Crippen LogP contribution in [0.3, 0.4) is 0 Å². The number of rotatable bonds is 1. The largest absolute Gasteiger partial charge is 0.490 e. The summed E-state index contributed by atoms with van der Waals surface area (Å²) >= 11 is 0. The number of hydrogen-bond acceptors (Lipinski definition) is 3. The monoisotopic (exact) mass is 247 g/mol. The van der Waals surface area contributed by atoms with Crippen molar-refractivity contribution in [2.45, 2.75) is 38.8 Å². The molecule has 2 heterocycles. The smallest absolute Gasteiger partial charge is 0.127 e. The summed E-state index contributed by atoms with van der Waals surface area (Å²) in [5.41, 5.74) is 3.63. The first-order valence-corrected chi connectivity index (χ1v) is 6.83. The van der Waals surface area contributed by atoms with E-state index in [9.17, 15) is 5.11 Å². The van der Waals surface area contributed by atoms with Crippen LogP contribution in [0.2, 0.25) is 0 Å². The summed E-state index contributed by atoms with van der Waals surface area (Å²) in [6.45, 7) is 6.81. The molecule has 0 bridgehead atoms. The molecule has 0 spiro atoms. The molecule has 2 aliphatic heterocycles. The molecule has 3 heteroatoms. The van der Waals surface area contributed by atoms with Crippen LogP contribution in [-0.2, 0) is 0 Å². The fourth-order valence-corrected chi connectivity index (χ4v) is 3.16. The Bertz CT molecular complexity index is 452. The Morgan fingerprint density at radius 3 is 2.67 bits per heavy atom. The number of benzene rings is 1. The van der Waals surface area contributed by atoms with Crippen LogP contribution in [0.4, 0.5) is 0 Å². The fourth-order valence-electron chi connectivity index (χ4n) is 3.16. The second-order valence-electron chi connectivity index (χ2n) is 5.49. The number of likely N-dealkylation sites (tertiary alicyclic amines) is 1. The average molecular weight is 247 g/mol. The first-order valence-electron chi connectivity index (χ1n) is 6.83. The van der Waals surface area contributed by atoms with E-state index in [1.807, 2.05) is 0 Å². The van der Waals surface area contributed by atoms with Crippen LogP contribution in [-0.4, -0.2) is 35.8 Å². The Morgan fingerprint density at radius 2 is 1.94 bits per heavy atom. The standard InChI is InChI=1S/C15H21NO2/c1-10-5-6-12-14(16-7-3-4-8-16)13(17)9-18-15(12)11(10)2/h5-6,13-14,17H,3-4,7-9H2,1-2H3. The van der Waals surface area contributed by atoms with Gasteiger partial charge in [-0.05, 0) is 50.9 Å². The van der Waals surface area contributed by atoms with E-state index in [0.717, 1.165) is 18.8 Å². The van der Waals surface area contributed by atoms with Crippen LogP contribution >= 0.6 is 0 Å². The van der Waals surface area contributed by atoms with E-state index in [0.29, 0.717) is 6.61 Å². The van der Waals surface area contributed by atoms with Crippen molar-refractivity contribution in [2.75, 3.05) is 19.7 Å². The maximum atomic E-state index is 10.3. The van der Waals surface area contributed by atoms with Gasteiger partial charge in [-0.3, -0.25) is 4.90 Å². The number of fused-ring (bicyclic) bond motifs is 1. The Hall–Kier alpha value is -1.06. The predicted octanol–water partition coefficient (Wildman–Crippen LogP) is 2.19. The van der Waals surface area contributed by atoms with E-state index in [4.69, 9.17) is 4.74 Å². The zero-order valence-electron chi connectivity index (χ0n) is 11.1. The van der Waals surface area contributed by atoms with Crippen LogP contribution < -0.4 is 4.74 Å². The first kappa shape index (κ1) is 12.0. The van der Waals surface area contributed by atoms with Crippen LogP contribution in [0.15, 0.2) is 12.1 Å². The van der Waals surface area contributed by atoms with Gasteiger partial charge in [0, 0.05) is 5.56 Å². The predicted molar refractivity (Wildman–Crippen MR) is 71.0 cm³/mol. The summed E-state index contributed by atoms with van der Waals surface area (Å²) in [7, 11) is 0. The van der Waals surface area contributed by atoms with Crippen molar-refractivity contribution >= 4 is 0 Å². The quantitative estimate of drug-likeness (QED) is 0.825. The highest BCUT2D eigenvalue weighted by atomic mass is 16.5. The van der Waals surface area contributed by atoms with Gasteiger partial charge in [0.15, 0.2) is 0 Å². The number of hydrogen-bond donors (Lipinski definition) is 1. The molecule has 1 saturated heterocycles. The summed E-state index contributed by atoms with van der Waals surface area (Å²) in [6.07, 6.45) is 2.08. The van der Waals surface area contributed by atoms with Crippen LogP contribution in [0, 0.1) is 13.8 Å². The molecule has 1 aromatic carbocycles. The first-order chi connectivity index (χ1) is 8.68. The molecule has 0 aliphatic carbocycles. The van der Waals surface area contributed by atoms with Gasteiger partial charge in [-0.15, -0.1) is 0 Å². The van der Waals surface area contributed by atoms with Gasteiger partial charge in [0.1, 0.15) is 18.5 Å². The number of aliphatic hydroxyl groups excluding tert-OH is 1. The van der Waals surface area contributed by atoms with E-state index >= 15 is 0 Å². The molecule has 0 aromatic heterocycles. The second-order valence-corrected chi connectivity index (χ2v) is 5.49. The van der Waals surface area contributed by atoms with Gasteiger partial charge in [0.25, 0.3) is 0 Å². The molecule has 1 N–H and O–H groups in total. The average Bonchev–Trinajstić information content (AvgIpc) is 2.87. The van der Waals surface area contributed by atoms with Crippen LogP contribution in [0.1, 0.15) is 35.6 Å². The third kappa shape index (κ3) is 1.82. The van der Waals surface area contributed by atoms with Crippen LogP contribution in [0.25, 0.3) is 0 Å². The minimum absolute atomic E-state index is 0.121. The van der Waals surface area contributed by atoms with Crippen molar-refractivity contribution in [2.24, 2.45) is 0 Å². The lowest BCUT2D eigenvalue weighted by molar-refractivity contribution is 0.00842. The fraction of sp³-hybridized carbons (Fsp3) is 0.600. The van der Waals surface area contributed by atoms with Gasteiger partial charge < -0.3 is 9.84 Å². The molecule has 2 atom stereocenters. The molecule has 2 unspecified atom stereocenters. The van der Waals surface area contributed by atoms with E-state index in [1.165, 1.54) is 29.5 Å². The molecule has 2 aliphatic rings. The van der Waals surface area contributed by atoms with E-state index in [2.05, 4.69) is 30.9 Å². The van der Waals surface area contributed by atoms with Gasteiger partial charge in [0.05, 0.1) is 6.04 Å². The topological polar surface area (TPSA) is 32.7 Å². The van der Waals surface area contributed by atoms with Gasteiger partial charge in [-0.2, -0.15) is 0 Å². The van der Waals surface area contributed by atoms with Crippen molar-refractivity contribution in [3.63, 3.8) is 0 Å². The van der Waals surface area contributed by atoms with E-state index in [-0.39, 0.29) is 6.04 Å². The Morgan fingerprint density at radius 1 is 1.22 bits per heavy atom. The van der Waals surface area contributed by atoms with Gasteiger partial charge in [-0.1, -0.05) is 12.1 Å². The zero-order valence-corrected chi connectivity index (χ0v) is 11.1. The molecule has 0 saturated carbocycles. The molecular weight excluding hydrogens is 226 g/mol. The summed E-state index contributed by atoms with van der Waals surface area (Å²) in [5.74, 6) is 0.997. The van der Waals surface area contributed by atoms with Crippen molar-refractivity contribution in [3.05, 3.63) is 28.8 Å². The minimum Gasteiger partial charge on any atom is -0.490 e. The zero-order chi connectivity index (χ0) is 12.7. The maximum absolute atomic E-state index is 10.3. The molecule has 98 valence electrons. The third-order valence-corrected chi connectivity index (χ3v) is 4.32. The van der Waals surface area contributed by atoms with E-state index in [1.54, 1.807) is 0 Å². The van der Waals surface area contributed by atoms with E-state index < -0.39 is 6.10 Å². The maximum Gasteiger partial charge on any atom is 0.127 e. The lowest BCUT2D eigenvalue weighted by atomic mass is 9.93. The van der Waals surface area contributed by atoms with Gasteiger partial charge in [-0.25, -0.2) is 0 Å². The second kappa shape index (κ2) is 4.56. The number of ether oxygens (including phenoxy) is 1. The molecule has 18 heavy (non-hydrogen) atoms. The summed E-state index contributed by atoms with van der Waals surface area (Å²) < 4.78 is 5.76. The summed E-state index contributed by atoms with van der Waals surface area (Å²) in [6, 6.07) is 4.39. The summed E-state index contributed by atoms with van der Waals surface area (Å²) in [5, 5.41) is 10.3. The molecule has 0 amide bonds. The lowest BCUT2D eigenvalue weighted by Gasteiger charge is -2.37. The Balaban J connectivity index is 2.03. The normalized spacial score (nSPS) is 27.9. The van der Waals surface area contributed by atoms with Crippen molar-refractivity contribution < 1.29 is 9.84 Å². The van der Waals surface area contributed by atoms with Crippen molar-refractivity contribution in [1.82, 2.24) is 4.90 Å². The SMILES string of the molecule is Cc1ccc2c(c1C)OCC(O)C2N1CCCC1. The highest BCUT2D eigenvalue weighted by Crippen LogP contribution is 2.40. The minimum atomic E-state index is -0.405. The Kier molecular flexibility index (Phi) is 3.04. The number of aryl methyl sites for hydroxylation is 1. The highest BCUT2D eigenvalue weighted by molar-refractivity contribution is 5.48. The van der Waals surface area contributed by atoms with Crippen molar-refractivity contribution in [1.29, 1.82) is 0 Å². The molecule has 0 radical (unpaired) electrons. The third-order valence-electron chi connectivity index (χ3n) is 4.32. The summed E-state index contributed by atoms with van der Waals surface area (Å²) in [4.78, 5) is 2.40. The number of nitrogens with zero attached hydrogens (tertiary/aromatic N) is 1.